The van der Waals surface area contributed by atoms with E-state index in [0.717, 1.165) is 5.56 Å². The van der Waals surface area contributed by atoms with Gasteiger partial charge < -0.3 is 10.0 Å². The Morgan fingerprint density at radius 1 is 1.15 bits per heavy atom. The van der Waals surface area contributed by atoms with Crippen molar-refractivity contribution in [2.75, 3.05) is 7.05 Å². The van der Waals surface area contributed by atoms with E-state index in [1.165, 1.54) is 0 Å². The molecule has 3 heteroatoms. The van der Waals surface area contributed by atoms with Crippen LogP contribution in [0.25, 0.3) is 0 Å². The van der Waals surface area contributed by atoms with E-state index in [1.807, 2.05) is 31.0 Å². The molecule has 1 atom stereocenters. The van der Waals surface area contributed by atoms with Crippen LogP contribution >= 0.6 is 0 Å². The molecule has 0 heterocycles. The zero-order valence-electron chi connectivity index (χ0n) is 13.3. The first-order valence-corrected chi connectivity index (χ1v) is 7.16. The molecule has 1 aliphatic carbocycles. The van der Waals surface area contributed by atoms with Gasteiger partial charge in [0.1, 0.15) is 5.75 Å². The number of phenolic OH excluding ortho intramolecular Hbond substituents is 1. The lowest BCUT2D eigenvalue weighted by Crippen LogP contribution is -2.32. The molecule has 3 nitrogen and oxygen atoms in total. The monoisotopic (exact) mass is 275 g/mol. The molecule has 0 aromatic heterocycles. The Morgan fingerprint density at radius 3 is 2.00 bits per heavy atom. The summed E-state index contributed by atoms with van der Waals surface area (Å²) in [7, 11) is 1.87. The first-order valence-electron chi connectivity index (χ1n) is 7.16. The minimum absolute atomic E-state index is 0.00954. The van der Waals surface area contributed by atoms with Crippen molar-refractivity contribution in [3.05, 3.63) is 29.8 Å². The topological polar surface area (TPSA) is 40.5 Å². The van der Waals surface area contributed by atoms with Gasteiger partial charge in [-0.3, -0.25) is 4.79 Å². The molecule has 1 aliphatic rings. The molecule has 20 heavy (non-hydrogen) atoms. The van der Waals surface area contributed by atoms with Crippen LogP contribution in [0.5, 0.6) is 5.75 Å². The van der Waals surface area contributed by atoms with Crippen molar-refractivity contribution in [3.8, 4) is 5.75 Å². The normalized spacial score (nSPS) is 21.3. The van der Waals surface area contributed by atoms with E-state index in [2.05, 4.69) is 27.7 Å². The number of amides is 1. The minimum Gasteiger partial charge on any atom is -0.508 e. The Bertz CT molecular complexity index is 502. The number of hydrogen-bond acceptors (Lipinski definition) is 2. The summed E-state index contributed by atoms with van der Waals surface area (Å²) in [5.41, 5.74) is 1.16. The average Bonchev–Trinajstić information content (AvgIpc) is 2.78. The summed E-state index contributed by atoms with van der Waals surface area (Å²) in [6.07, 6.45) is 0. The lowest BCUT2D eigenvalue weighted by atomic mass is 10.0. The van der Waals surface area contributed by atoms with E-state index < -0.39 is 0 Å². The predicted molar refractivity (Wildman–Crippen MR) is 80.3 cm³/mol. The van der Waals surface area contributed by atoms with Crippen LogP contribution in [0.3, 0.4) is 0 Å². The fourth-order valence-corrected chi connectivity index (χ4v) is 3.18. The van der Waals surface area contributed by atoms with E-state index in [9.17, 15) is 9.90 Å². The molecule has 1 fully saturated rings. The van der Waals surface area contributed by atoms with Gasteiger partial charge in [0.05, 0.1) is 6.04 Å². The second kappa shape index (κ2) is 4.51. The maximum Gasteiger partial charge on any atom is 0.227 e. The first-order chi connectivity index (χ1) is 9.10. The molecule has 110 valence electrons. The number of carbonyl (C=O) groups is 1. The molecule has 1 amide bonds. The van der Waals surface area contributed by atoms with Crippen molar-refractivity contribution in [1.82, 2.24) is 4.90 Å². The first kappa shape index (κ1) is 14.9. The molecular weight excluding hydrogens is 250 g/mol. The number of rotatable bonds is 3. The van der Waals surface area contributed by atoms with Gasteiger partial charge in [-0.1, -0.05) is 39.8 Å². The van der Waals surface area contributed by atoms with Crippen LogP contribution in [-0.4, -0.2) is 23.0 Å². The van der Waals surface area contributed by atoms with Gasteiger partial charge in [0.2, 0.25) is 5.91 Å². The molecule has 2 rings (SSSR count). The molecule has 0 radical (unpaired) electrons. The number of nitrogens with zero attached hydrogens (tertiary/aromatic N) is 1. The Hall–Kier alpha value is -1.51. The van der Waals surface area contributed by atoms with Crippen molar-refractivity contribution in [3.63, 3.8) is 0 Å². The smallest absolute Gasteiger partial charge is 0.227 e. The molecule has 1 saturated carbocycles. The number of phenols is 1. The SMILES string of the molecule is CC(c1ccc(O)cc1)N(C)C(=O)C1C(C)(C)C1(C)C. The highest BCUT2D eigenvalue weighted by Crippen LogP contribution is 2.68. The summed E-state index contributed by atoms with van der Waals surface area (Å²) in [6.45, 7) is 10.7. The standard InChI is InChI=1S/C17H25NO2/c1-11(12-7-9-13(19)10-8-12)18(6)15(20)14-16(2,3)17(14,4)5/h7-11,14,19H,1-6H3. The maximum absolute atomic E-state index is 12.7. The van der Waals surface area contributed by atoms with Gasteiger partial charge in [0.25, 0.3) is 0 Å². The number of carbonyl (C=O) groups excluding carboxylic acids is 1. The third-order valence-electron chi connectivity index (χ3n) is 5.57. The highest BCUT2D eigenvalue weighted by Gasteiger charge is 2.68. The summed E-state index contributed by atoms with van der Waals surface area (Å²) in [6, 6.07) is 7.07. The molecule has 1 aromatic carbocycles. The van der Waals surface area contributed by atoms with E-state index in [4.69, 9.17) is 0 Å². The highest BCUT2D eigenvalue weighted by molar-refractivity contribution is 5.84. The van der Waals surface area contributed by atoms with Crippen molar-refractivity contribution in [1.29, 1.82) is 0 Å². The number of benzene rings is 1. The van der Waals surface area contributed by atoms with E-state index in [-0.39, 0.29) is 34.4 Å². The zero-order valence-corrected chi connectivity index (χ0v) is 13.3. The Labute approximate surface area is 121 Å². The van der Waals surface area contributed by atoms with Crippen LogP contribution in [0.1, 0.15) is 46.2 Å². The fourth-order valence-electron chi connectivity index (χ4n) is 3.18. The fraction of sp³-hybridized carbons (Fsp3) is 0.588. The Balaban J connectivity index is 2.14. The molecule has 1 unspecified atom stereocenters. The van der Waals surface area contributed by atoms with E-state index >= 15 is 0 Å². The molecule has 0 aliphatic heterocycles. The summed E-state index contributed by atoms with van der Waals surface area (Å²) in [5.74, 6) is 0.541. The van der Waals surface area contributed by atoms with Crippen LogP contribution in [0, 0.1) is 16.7 Å². The molecule has 0 bridgehead atoms. The van der Waals surface area contributed by atoms with E-state index in [1.54, 1.807) is 12.1 Å². The third-order valence-corrected chi connectivity index (χ3v) is 5.57. The molecule has 0 spiro atoms. The zero-order chi connectivity index (χ0) is 15.3. The van der Waals surface area contributed by atoms with Gasteiger partial charge in [-0.15, -0.1) is 0 Å². The highest BCUT2D eigenvalue weighted by atomic mass is 16.3. The summed E-state index contributed by atoms with van der Waals surface area (Å²) in [5, 5.41) is 9.34. The molecular formula is C17H25NO2. The minimum atomic E-state index is 0.00954. The molecule has 1 aromatic rings. The van der Waals surface area contributed by atoms with Crippen LogP contribution in [0.4, 0.5) is 0 Å². The summed E-state index contributed by atoms with van der Waals surface area (Å²) in [4.78, 5) is 14.5. The quantitative estimate of drug-likeness (QED) is 0.915. The van der Waals surface area contributed by atoms with Crippen molar-refractivity contribution >= 4 is 5.91 Å². The summed E-state index contributed by atoms with van der Waals surface area (Å²) < 4.78 is 0. The maximum atomic E-state index is 12.7. The second-order valence-corrected chi connectivity index (χ2v) is 7.09. The van der Waals surface area contributed by atoms with Crippen LogP contribution in [-0.2, 0) is 4.79 Å². The Morgan fingerprint density at radius 2 is 1.60 bits per heavy atom. The summed E-state index contributed by atoms with van der Waals surface area (Å²) >= 11 is 0. The van der Waals surface area contributed by atoms with Crippen LogP contribution in [0.15, 0.2) is 24.3 Å². The van der Waals surface area contributed by atoms with Gasteiger partial charge in [-0.05, 0) is 35.4 Å². The third kappa shape index (κ3) is 2.09. The van der Waals surface area contributed by atoms with Crippen LogP contribution < -0.4 is 0 Å². The predicted octanol–water partition coefficient (Wildman–Crippen LogP) is 3.59. The number of hydrogen-bond donors (Lipinski definition) is 1. The second-order valence-electron chi connectivity index (χ2n) is 7.09. The van der Waals surface area contributed by atoms with Crippen molar-refractivity contribution < 1.29 is 9.90 Å². The largest absolute Gasteiger partial charge is 0.508 e. The van der Waals surface area contributed by atoms with E-state index in [0.29, 0.717) is 0 Å². The number of aromatic hydroxyl groups is 1. The van der Waals surface area contributed by atoms with Gasteiger partial charge in [-0.2, -0.15) is 0 Å². The van der Waals surface area contributed by atoms with Crippen molar-refractivity contribution in [2.24, 2.45) is 16.7 Å². The van der Waals surface area contributed by atoms with Gasteiger partial charge in [0, 0.05) is 13.0 Å². The van der Waals surface area contributed by atoms with Gasteiger partial charge >= 0.3 is 0 Å². The molecule has 1 N–H and O–H groups in total. The lowest BCUT2D eigenvalue weighted by Gasteiger charge is -2.26. The Kier molecular flexibility index (Phi) is 3.35. The van der Waals surface area contributed by atoms with Gasteiger partial charge in [-0.25, -0.2) is 0 Å². The van der Waals surface area contributed by atoms with Crippen LogP contribution in [0.2, 0.25) is 0 Å². The molecule has 0 saturated heterocycles. The average molecular weight is 275 g/mol. The lowest BCUT2D eigenvalue weighted by molar-refractivity contribution is -0.134. The van der Waals surface area contributed by atoms with Crippen molar-refractivity contribution in [2.45, 2.75) is 40.7 Å². The van der Waals surface area contributed by atoms with Gasteiger partial charge in [0.15, 0.2) is 0 Å².